The molecule has 0 saturated carbocycles. The molecule has 0 bridgehead atoms. The molecule has 1 rings (SSSR count). The van der Waals surface area contributed by atoms with Crippen molar-refractivity contribution in [2.24, 2.45) is 0 Å². The normalized spacial score (nSPS) is 11.3. The van der Waals surface area contributed by atoms with Gasteiger partial charge >= 0.3 is 0 Å². The Hall–Kier alpha value is -1.22. The van der Waals surface area contributed by atoms with Gasteiger partial charge in [-0.2, -0.15) is 4.31 Å². The smallest absolute Gasteiger partial charge is 0.289 e. The van der Waals surface area contributed by atoms with E-state index in [-0.39, 0.29) is 29.5 Å². The SMILES string of the molecule is CNCCN(C)S(=O)(=O)c1cc(C)c(C)cc1[N+](=O)[O-].Cl. The van der Waals surface area contributed by atoms with Crippen LogP contribution in [0.2, 0.25) is 0 Å². The van der Waals surface area contributed by atoms with Crippen molar-refractivity contribution in [3.8, 4) is 0 Å². The molecule has 0 unspecified atom stereocenters. The number of nitro benzene ring substituents is 1. The van der Waals surface area contributed by atoms with Crippen molar-refractivity contribution in [2.75, 3.05) is 27.2 Å². The number of nitro groups is 1. The van der Waals surface area contributed by atoms with Crippen molar-refractivity contribution >= 4 is 28.1 Å². The second-order valence-corrected chi connectivity index (χ2v) is 6.60. The lowest BCUT2D eigenvalue weighted by molar-refractivity contribution is -0.387. The maximum Gasteiger partial charge on any atom is 0.289 e. The van der Waals surface area contributed by atoms with Crippen molar-refractivity contribution in [3.63, 3.8) is 0 Å². The van der Waals surface area contributed by atoms with Crippen molar-refractivity contribution < 1.29 is 13.3 Å². The first kappa shape index (κ1) is 19.8. The van der Waals surface area contributed by atoms with E-state index in [0.717, 1.165) is 4.31 Å². The summed E-state index contributed by atoms with van der Waals surface area (Å²) < 4.78 is 26.0. The van der Waals surface area contributed by atoms with Gasteiger partial charge in [-0.25, -0.2) is 8.42 Å². The van der Waals surface area contributed by atoms with Gasteiger partial charge in [0, 0.05) is 26.2 Å². The second-order valence-electron chi connectivity index (χ2n) is 4.59. The predicted molar refractivity (Wildman–Crippen MR) is 83.6 cm³/mol. The Morgan fingerprint density at radius 2 is 1.81 bits per heavy atom. The molecule has 0 atom stereocenters. The van der Waals surface area contributed by atoms with E-state index in [1.165, 1.54) is 19.2 Å². The molecular weight excluding hydrogens is 318 g/mol. The van der Waals surface area contributed by atoms with Crippen LogP contribution in [0.25, 0.3) is 0 Å². The van der Waals surface area contributed by atoms with Gasteiger partial charge in [0.05, 0.1) is 4.92 Å². The number of benzene rings is 1. The first-order valence-electron chi connectivity index (χ1n) is 6.08. The van der Waals surface area contributed by atoms with Gasteiger partial charge in [0.1, 0.15) is 0 Å². The van der Waals surface area contributed by atoms with E-state index in [9.17, 15) is 18.5 Å². The van der Waals surface area contributed by atoms with Crippen LogP contribution in [0.3, 0.4) is 0 Å². The standard InChI is InChI=1S/C12H19N3O4S.ClH/c1-9-7-11(15(16)17)12(8-10(9)2)20(18,19)14(4)6-5-13-3;/h7-8,13H,5-6H2,1-4H3;1H. The predicted octanol–water partition coefficient (Wildman–Crippen LogP) is 1.47. The molecule has 120 valence electrons. The average molecular weight is 338 g/mol. The Balaban J connectivity index is 0.00000400. The van der Waals surface area contributed by atoms with Crippen molar-refractivity contribution in [2.45, 2.75) is 18.7 Å². The monoisotopic (exact) mass is 337 g/mol. The maximum atomic E-state index is 12.4. The molecule has 1 aromatic carbocycles. The van der Waals surface area contributed by atoms with Gasteiger partial charge in [0.2, 0.25) is 10.0 Å². The number of sulfonamides is 1. The number of nitrogens with zero attached hydrogens (tertiary/aromatic N) is 2. The Bertz CT molecular complexity index is 619. The molecule has 9 heteroatoms. The van der Waals surface area contributed by atoms with Gasteiger partial charge in [-0.3, -0.25) is 10.1 Å². The number of hydrogen-bond donors (Lipinski definition) is 1. The number of hydrogen-bond acceptors (Lipinski definition) is 5. The molecule has 0 saturated heterocycles. The summed E-state index contributed by atoms with van der Waals surface area (Å²) in [5.41, 5.74) is 1.01. The summed E-state index contributed by atoms with van der Waals surface area (Å²) in [6.07, 6.45) is 0. The molecule has 0 fully saturated rings. The minimum absolute atomic E-state index is 0. The van der Waals surface area contributed by atoms with Gasteiger partial charge in [-0.1, -0.05) is 0 Å². The lowest BCUT2D eigenvalue weighted by Gasteiger charge is -2.17. The van der Waals surface area contributed by atoms with Crippen molar-refractivity contribution in [1.29, 1.82) is 0 Å². The minimum atomic E-state index is -3.87. The second kappa shape index (κ2) is 7.69. The zero-order chi connectivity index (χ0) is 15.5. The van der Waals surface area contributed by atoms with E-state index in [4.69, 9.17) is 0 Å². The molecule has 21 heavy (non-hydrogen) atoms. The highest BCUT2D eigenvalue weighted by atomic mass is 35.5. The van der Waals surface area contributed by atoms with Crippen molar-refractivity contribution in [3.05, 3.63) is 33.4 Å². The first-order chi connectivity index (χ1) is 9.21. The number of rotatable bonds is 6. The molecule has 0 aliphatic heterocycles. The van der Waals surface area contributed by atoms with Crippen LogP contribution < -0.4 is 5.32 Å². The zero-order valence-electron chi connectivity index (χ0n) is 12.4. The first-order valence-corrected chi connectivity index (χ1v) is 7.52. The quantitative estimate of drug-likeness (QED) is 0.627. The molecule has 0 heterocycles. The van der Waals surface area contributed by atoms with E-state index in [1.807, 2.05) is 0 Å². The maximum absolute atomic E-state index is 12.4. The molecule has 7 nitrogen and oxygen atoms in total. The van der Waals surface area contributed by atoms with E-state index < -0.39 is 14.9 Å². The molecule has 0 aliphatic rings. The summed E-state index contributed by atoms with van der Waals surface area (Å²) in [5.74, 6) is 0. The fraction of sp³-hybridized carbons (Fsp3) is 0.500. The van der Waals surface area contributed by atoms with Gasteiger partial charge in [-0.05, 0) is 38.1 Å². The lowest BCUT2D eigenvalue weighted by Crippen LogP contribution is -2.33. The molecule has 0 radical (unpaired) electrons. The summed E-state index contributed by atoms with van der Waals surface area (Å²) in [5, 5.41) is 13.9. The molecule has 0 aromatic heterocycles. The Labute approximate surface area is 130 Å². The van der Waals surface area contributed by atoms with E-state index in [1.54, 1.807) is 20.9 Å². The van der Waals surface area contributed by atoms with E-state index in [2.05, 4.69) is 5.32 Å². The minimum Gasteiger partial charge on any atom is -0.318 e. The van der Waals surface area contributed by atoms with Gasteiger partial charge in [0.15, 0.2) is 4.90 Å². The fourth-order valence-corrected chi connectivity index (χ4v) is 3.07. The molecule has 0 aliphatic carbocycles. The number of halogens is 1. The average Bonchev–Trinajstić information content (AvgIpc) is 2.37. The Morgan fingerprint density at radius 3 is 2.29 bits per heavy atom. The number of aryl methyl sites for hydroxylation is 2. The summed E-state index contributed by atoms with van der Waals surface area (Å²) in [4.78, 5) is 10.2. The molecule has 0 amide bonds. The van der Waals surface area contributed by atoms with Crippen LogP contribution in [0.1, 0.15) is 11.1 Å². The highest BCUT2D eigenvalue weighted by molar-refractivity contribution is 7.89. The van der Waals surface area contributed by atoms with Crippen LogP contribution in [0, 0.1) is 24.0 Å². The van der Waals surface area contributed by atoms with Crippen LogP contribution in [-0.2, 0) is 10.0 Å². The van der Waals surface area contributed by atoms with Crippen LogP contribution in [0.4, 0.5) is 5.69 Å². The molecular formula is C12H20ClN3O4S. The van der Waals surface area contributed by atoms with E-state index >= 15 is 0 Å². The molecule has 1 N–H and O–H groups in total. The topological polar surface area (TPSA) is 92.6 Å². The van der Waals surface area contributed by atoms with Crippen LogP contribution in [0.5, 0.6) is 0 Å². The Morgan fingerprint density at radius 1 is 1.29 bits per heavy atom. The number of likely N-dealkylation sites (N-methyl/N-ethyl adjacent to an activating group) is 2. The highest BCUT2D eigenvalue weighted by Gasteiger charge is 2.30. The summed E-state index contributed by atoms with van der Waals surface area (Å²) >= 11 is 0. The highest BCUT2D eigenvalue weighted by Crippen LogP contribution is 2.29. The van der Waals surface area contributed by atoms with Crippen LogP contribution in [-0.4, -0.2) is 44.8 Å². The van der Waals surface area contributed by atoms with Gasteiger partial charge in [0.25, 0.3) is 5.69 Å². The third-order valence-electron chi connectivity index (χ3n) is 3.14. The summed E-state index contributed by atoms with van der Waals surface area (Å²) in [6, 6.07) is 2.66. The lowest BCUT2D eigenvalue weighted by atomic mass is 10.1. The number of nitrogens with one attached hydrogen (secondary N) is 1. The largest absolute Gasteiger partial charge is 0.318 e. The van der Waals surface area contributed by atoms with Crippen LogP contribution >= 0.6 is 12.4 Å². The third-order valence-corrected chi connectivity index (χ3v) is 5.02. The van der Waals surface area contributed by atoms with E-state index in [0.29, 0.717) is 17.7 Å². The molecule has 0 spiro atoms. The van der Waals surface area contributed by atoms with Crippen molar-refractivity contribution in [1.82, 2.24) is 9.62 Å². The zero-order valence-corrected chi connectivity index (χ0v) is 14.0. The third kappa shape index (κ3) is 4.37. The Kier molecular flexibility index (Phi) is 7.25. The molecule has 1 aromatic rings. The van der Waals surface area contributed by atoms with Crippen LogP contribution in [0.15, 0.2) is 17.0 Å². The summed E-state index contributed by atoms with van der Waals surface area (Å²) in [7, 11) is -0.759. The fourth-order valence-electron chi connectivity index (χ4n) is 1.68. The van der Waals surface area contributed by atoms with Gasteiger partial charge < -0.3 is 5.32 Å². The summed E-state index contributed by atoms with van der Waals surface area (Å²) in [6.45, 7) is 4.15. The van der Waals surface area contributed by atoms with Gasteiger partial charge in [-0.15, -0.1) is 12.4 Å².